The molecule has 3 rings (SSSR count). The number of nitrogens with zero attached hydrogens (tertiary/aromatic N) is 3. The SMILES string of the molecule is Cc1ccc(CN(C(=O)c2csnn2)[C@@H](C(=O)NC(C)(C)C)c2ccccc2F)cc1. The van der Waals surface area contributed by atoms with E-state index < -0.39 is 29.2 Å². The molecule has 8 heteroatoms. The second-order valence-electron chi connectivity index (χ2n) is 8.37. The van der Waals surface area contributed by atoms with Gasteiger partial charge in [0, 0.05) is 23.0 Å². The van der Waals surface area contributed by atoms with Crippen molar-refractivity contribution in [3.05, 3.63) is 82.1 Å². The highest BCUT2D eigenvalue weighted by atomic mass is 32.1. The van der Waals surface area contributed by atoms with Crippen molar-refractivity contribution in [1.82, 2.24) is 19.8 Å². The number of hydrogen-bond donors (Lipinski definition) is 1. The topological polar surface area (TPSA) is 75.2 Å². The second kappa shape index (κ2) is 9.34. The average molecular weight is 441 g/mol. The van der Waals surface area contributed by atoms with Crippen LogP contribution in [0.3, 0.4) is 0 Å². The number of amides is 2. The first-order valence-corrected chi connectivity index (χ1v) is 10.7. The highest BCUT2D eigenvalue weighted by Crippen LogP contribution is 2.28. The highest BCUT2D eigenvalue weighted by Gasteiger charge is 2.36. The summed E-state index contributed by atoms with van der Waals surface area (Å²) in [4.78, 5) is 28.1. The van der Waals surface area contributed by atoms with Gasteiger partial charge in [0.1, 0.15) is 11.9 Å². The fraction of sp³-hybridized carbons (Fsp3) is 0.304. The number of carbonyl (C=O) groups is 2. The zero-order valence-electron chi connectivity index (χ0n) is 17.9. The zero-order valence-corrected chi connectivity index (χ0v) is 18.7. The van der Waals surface area contributed by atoms with Crippen molar-refractivity contribution in [2.45, 2.75) is 45.8 Å². The van der Waals surface area contributed by atoms with Crippen molar-refractivity contribution in [2.75, 3.05) is 0 Å². The largest absolute Gasteiger partial charge is 0.349 e. The van der Waals surface area contributed by atoms with E-state index >= 15 is 0 Å². The van der Waals surface area contributed by atoms with E-state index in [1.165, 1.54) is 22.4 Å². The van der Waals surface area contributed by atoms with Crippen LogP contribution in [-0.2, 0) is 11.3 Å². The monoisotopic (exact) mass is 440 g/mol. The Morgan fingerprint density at radius 3 is 2.39 bits per heavy atom. The third-order valence-corrected chi connectivity index (χ3v) is 5.08. The van der Waals surface area contributed by atoms with Gasteiger partial charge in [0.15, 0.2) is 5.69 Å². The summed E-state index contributed by atoms with van der Waals surface area (Å²) in [5.41, 5.74) is 1.55. The van der Waals surface area contributed by atoms with Crippen LogP contribution >= 0.6 is 11.5 Å². The van der Waals surface area contributed by atoms with Crippen molar-refractivity contribution in [3.8, 4) is 0 Å². The summed E-state index contributed by atoms with van der Waals surface area (Å²) in [7, 11) is 0. The number of aromatic nitrogens is 2. The molecule has 6 nitrogen and oxygen atoms in total. The van der Waals surface area contributed by atoms with Crippen LogP contribution in [0, 0.1) is 12.7 Å². The Morgan fingerprint density at radius 2 is 1.81 bits per heavy atom. The molecule has 0 aliphatic carbocycles. The zero-order chi connectivity index (χ0) is 22.6. The molecule has 0 fully saturated rings. The van der Waals surface area contributed by atoms with Crippen LogP contribution in [0.4, 0.5) is 4.39 Å². The lowest BCUT2D eigenvalue weighted by Gasteiger charge is -2.33. The van der Waals surface area contributed by atoms with Gasteiger partial charge in [-0.25, -0.2) is 4.39 Å². The summed E-state index contributed by atoms with van der Waals surface area (Å²) in [6.07, 6.45) is 0. The standard InChI is InChI=1S/C23H25FN4O2S/c1-15-9-11-16(12-10-15)13-28(22(30)19-14-31-27-26-19)20(21(29)25-23(2,3)4)17-7-5-6-8-18(17)24/h5-12,14,20H,13H2,1-4H3,(H,25,29)/t20-/m1/s1. The van der Waals surface area contributed by atoms with E-state index in [0.717, 1.165) is 22.7 Å². The van der Waals surface area contributed by atoms with Gasteiger partial charge in [-0.05, 0) is 50.9 Å². The van der Waals surface area contributed by atoms with Crippen molar-refractivity contribution < 1.29 is 14.0 Å². The van der Waals surface area contributed by atoms with Crippen molar-refractivity contribution >= 4 is 23.3 Å². The molecule has 1 heterocycles. The van der Waals surface area contributed by atoms with E-state index in [9.17, 15) is 14.0 Å². The Balaban J connectivity index is 2.11. The van der Waals surface area contributed by atoms with Crippen molar-refractivity contribution in [3.63, 3.8) is 0 Å². The maximum absolute atomic E-state index is 14.8. The summed E-state index contributed by atoms with van der Waals surface area (Å²) in [5, 5.41) is 8.28. The maximum atomic E-state index is 14.8. The molecule has 2 aromatic carbocycles. The minimum atomic E-state index is -1.18. The molecule has 3 aromatic rings. The van der Waals surface area contributed by atoms with Crippen LogP contribution in [-0.4, -0.2) is 31.8 Å². The Bertz CT molecular complexity index is 1050. The number of aryl methyl sites for hydroxylation is 1. The molecule has 0 unspecified atom stereocenters. The van der Waals surface area contributed by atoms with E-state index in [1.807, 2.05) is 52.0 Å². The lowest BCUT2D eigenvalue weighted by molar-refractivity contribution is -0.127. The molecule has 0 aliphatic rings. The van der Waals surface area contributed by atoms with Gasteiger partial charge in [-0.3, -0.25) is 9.59 Å². The summed E-state index contributed by atoms with van der Waals surface area (Å²) >= 11 is 1.04. The van der Waals surface area contributed by atoms with Crippen LogP contribution in [0.15, 0.2) is 53.9 Å². The van der Waals surface area contributed by atoms with Crippen LogP contribution in [0.2, 0.25) is 0 Å². The van der Waals surface area contributed by atoms with Gasteiger partial charge >= 0.3 is 0 Å². The molecule has 1 atom stereocenters. The number of rotatable bonds is 6. The third-order valence-electron chi connectivity index (χ3n) is 4.57. The van der Waals surface area contributed by atoms with Gasteiger partial charge < -0.3 is 10.2 Å². The van der Waals surface area contributed by atoms with E-state index in [1.54, 1.807) is 12.1 Å². The minimum Gasteiger partial charge on any atom is -0.349 e. The molecule has 0 spiro atoms. The summed E-state index contributed by atoms with van der Waals surface area (Å²) in [6, 6.07) is 12.4. The lowest BCUT2D eigenvalue weighted by Crippen LogP contribution is -2.49. The molecular formula is C23H25FN4O2S. The van der Waals surface area contributed by atoms with E-state index in [0.29, 0.717) is 0 Å². The van der Waals surface area contributed by atoms with E-state index in [-0.39, 0.29) is 17.8 Å². The molecular weight excluding hydrogens is 415 g/mol. The second-order valence-corrected chi connectivity index (χ2v) is 8.98. The number of carbonyl (C=O) groups excluding carboxylic acids is 2. The van der Waals surface area contributed by atoms with Gasteiger partial charge in [-0.1, -0.05) is 52.5 Å². The van der Waals surface area contributed by atoms with Gasteiger partial charge in [-0.15, -0.1) is 5.10 Å². The first kappa shape index (κ1) is 22.6. The van der Waals surface area contributed by atoms with Gasteiger partial charge in [-0.2, -0.15) is 0 Å². The number of nitrogens with one attached hydrogen (secondary N) is 1. The number of benzene rings is 2. The Hall–Kier alpha value is -3.13. The molecule has 1 aromatic heterocycles. The molecule has 0 aliphatic heterocycles. The lowest BCUT2D eigenvalue weighted by atomic mass is 10.00. The Labute approximate surface area is 185 Å². The molecule has 0 radical (unpaired) electrons. The third kappa shape index (κ3) is 5.73. The molecule has 0 bridgehead atoms. The molecule has 162 valence electrons. The normalized spacial score (nSPS) is 12.3. The van der Waals surface area contributed by atoms with Gasteiger partial charge in [0.2, 0.25) is 5.91 Å². The van der Waals surface area contributed by atoms with Gasteiger partial charge in [0.05, 0.1) is 0 Å². The molecule has 0 saturated carbocycles. The van der Waals surface area contributed by atoms with Crippen molar-refractivity contribution in [2.24, 2.45) is 0 Å². The summed E-state index contributed by atoms with van der Waals surface area (Å²) in [6.45, 7) is 7.57. The fourth-order valence-corrected chi connectivity index (χ4v) is 3.59. The first-order chi connectivity index (χ1) is 14.7. The molecule has 0 saturated heterocycles. The molecule has 31 heavy (non-hydrogen) atoms. The van der Waals surface area contributed by atoms with Crippen molar-refractivity contribution in [1.29, 1.82) is 0 Å². The van der Waals surface area contributed by atoms with Gasteiger partial charge in [0.25, 0.3) is 5.91 Å². The Kier molecular flexibility index (Phi) is 6.80. The summed E-state index contributed by atoms with van der Waals surface area (Å²) in [5.74, 6) is -1.53. The number of hydrogen-bond acceptors (Lipinski definition) is 5. The van der Waals surface area contributed by atoms with Crippen LogP contribution in [0.25, 0.3) is 0 Å². The van der Waals surface area contributed by atoms with Crippen LogP contribution in [0.5, 0.6) is 0 Å². The summed E-state index contributed by atoms with van der Waals surface area (Å²) < 4.78 is 18.6. The number of halogens is 1. The fourth-order valence-electron chi connectivity index (χ4n) is 3.16. The highest BCUT2D eigenvalue weighted by molar-refractivity contribution is 7.03. The minimum absolute atomic E-state index is 0.104. The molecule has 2 amide bonds. The predicted octanol–water partition coefficient (Wildman–Crippen LogP) is 4.28. The Morgan fingerprint density at radius 1 is 1.13 bits per heavy atom. The van der Waals surface area contributed by atoms with Crippen LogP contribution < -0.4 is 5.32 Å². The predicted molar refractivity (Wildman–Crippen MR) is 118 cm³/mol. The average Bonchev–Trinajstić information content (AvgIpc) is 3.23. The quantitative estimate of drug-likeness (QED) is 0.621. The molecule has 1 N–H and O–H groups in total. The van der Waals surface area contributed by atoms with E-state index in [2.05, 4.69) is 14.9 Å². The maximum Gasteiger partial charge on any atom is 0.276 e. The smallest absolute Gasteiger partial charge is 0.276 e. The first-order valence-electron chi connectivity index (χ1n) is 9.86. The van der Waals surface area contributed by atoms with Crippen LogP contribution in [0.1, 0.15) is 54.0 Å². The van der Waals surface area contributed by atoms with E-state index in [4.69, 9.17) is 0 Å².